The summed E-state index contributed by atoms with van der Waals surface area (Å²) in [5.41, 5.74) is 1.40. The third-order valence-electron chi connectivity index (χ3n) is 4.22. The predicted molar refractivity (Wildman–Crippen MR) is 98.7 cm³/mol. The Morgan fingerprint density at radius 1 is 1.18 bits per heavy atom. The van der Waals surface area contributed by atoms with Crippen LogP contribution in [0.25, 0.3) is 0 Å². The normalized spacial score (nSPS) is 12.1. The molecule has 1 aromatic heterocycles. The lowest BCUT2D eigenvalue weighted by molar-refractivity contribution is -0.138. The van der Waals surface area contributed by atoms with Crippen LogP contribution in [0.15, 0.2) is 29.4 Å². The Bertz CT molecular complexity index is 866. The summed E-state index contributed by atoms with van der Waals surface area (Å²) in [5, 5.41) is 5.81. The molecule has 9 heteroatoms. The van der Waals surface area contributed by atoms with E-state index in [0.717, 1.165) is 34.7 Å². The van der Waals surface area contributed by atoms with Crippen LogP contribution in [0.1, 0.15) is 27.9 Å². The van der Waals surface area contributed by atoms with Crippen molar-refractivity contribution >= 4 is 5.96 Å². The summed E-state index contributed by atoms with van der Waals surface area (Å²) in [7, 11) is 3.08. The van der Waals surface area contributed by atoms with Crippen molar-refractivity contribution in [3.05, 3.63) is 58.2 Å². The highest BCUT2D eigenvalue weighted by Crippen LogP contribution is 2.32. The zero-order valence-electron chi connectivity index (χ0n) is 16.0. The molecule has 28 heavy (non-hydrogen) atoms. The Morgan fingerprint density at radius 3 is 2.46 bits per heavy atom. The number of rotatable bonds is 5. The molecule has 2 N–H and O–H groups in total. The zero-order valence-corrected chi connectivity index (χ0v) is 16.0. The van der Waals surface area contributed by atoms with Gasteiger partial charge in [-0.2, -0.15) is 13.2 Å². The third-order valence-corrected chi connectivity index (χ3v) is 4.22. The number of ether oxygens (including phenoxy) is 1. The largest absolute Gasteiger partial charge is 0.496 e. The number of benzene rings is 1. The van der Waals surface area contributed by atoms with Gasteiger partial charge in [-0.15, -0.1) is 0 Å². The topological polar surface area (TPSA) is 58.5 Å². The summed E-state index contributed by atoms with van der Waals surface area (Å²) in [5.74, 6) is 0.0857. The lowest BCUT2D eigenvalue weighted by atomic mass is 10.1. The van der Waals surface area contributed by atoms with E-state index in [4.69, 9.17) is 4.74 Å². The standard InChI is InChI=1S/C19H22F4N4O/c1-11-8-25-16(12(2)17(11)28-4)10-27-18(24-3)26-9-13-5-6-14(20)7-15(13)19(21,22)23/h5-8H,9-10H2,1-4H3,(H2,24,26,27). The van der Waals surface area contributed by atoms with Crippen molar-refractivity contribution < 1.29 is 22.3 Å². The first-order valence-corrected chi connectivity index (χ1v) is 8.46. The number of guanidine groups is 1. The number of halogens is 4. The van der Waals surface area contributed by atoms with Gasteiger partial charge in [-0.25, -0.2) is 4.39 Å². The minimum absolute atomic E-state index is 0.0804. The molecule has 0 saturated carbocycles. The van der Waals surface area contributed by atoms with Gasteiger partial charge in [-0.1, -0.05) is 6.07 Å². The van der Waals surface area contributed by atoms with E-state index < -0.39 is 17.6 Å². The number of aliphatic imine (C=N–C) groups is 1. The summed E-state index contributed by atoms with van der Waals surface area (Å²) in [4.78, 5) is 8.35. The van der Waals surface area contributed by atoms with Gasteiger partial charge in [0.2, 0.25) is 0 Å². The average molecular weight is 398 g/mol. The molecule has 0 aliphatic carbocycles. The maximum absolute atomic E-state index is 13.2. The van der Waals surface area contributed by atoms with Crippen molar-refractivity contribution in [1.82, 2.24) is 15.6 Å². The van der Waals surface area contributed by atoms with E-state index in [1.165, 1.54) is 7.05 Å². The molecule has 1 aromatic carbocycles. The van der Waals surface area contributed by atoms with Gasteiger partial charge < -0.3 is 15.4 Å². The Kier molecular flexibility index (Phi) is 6.82. The number of nitrogens with one attached hydrogen (secondary N) is 2. The summed E-state index contributed by atoms with van der Waals surface area (Å²) >= 11 is 0. The fraction of sp³-hybridized carbons (Fsp3) is 0.368. The van der Waals surface area contributed by atoms with Crippen LogP contribution >= 0.6 is 0 Å². The molecule has 2 rings (SSSR count). The van der Waals surface area contributed by atoms with Crippen molar-refractivity contribution in [3.8, 4) is 5.75 Å². The fourth-order valence-electron chi connectivity index (χ4n) is 2.78. The van der Waals surface area contributed by atoms with Crippen molar-refractivity contribution in [3.63, 3.8) is 0 Å². The molecule has 5 nitrogen and oxygen atoms in total. The van der Waals surface area contributed by atoms with E-state index in [1.54, 1.807) is 13.3 Å². The Balaban J connectivity index is 2.08. The second kappa shape index (κ2) is 8.90. The number of hydrogen-bond donors (Lipinski definition) is 2. The molecule has 0 radical (unpaired) electrons. The molecule has 0 amide bonds. The van der Waals surface area contributed by atoms with Crippen molar-refractivity contribution in [2.24, 2.45) is 4.99 Å². The number of aromatic nitrogens is 1. The highest BCUT2D eigenvalue weighted by molar-refractivity contribution is 5.79. The molecule has 0 aliphatic heterocycles. The fourth-order valence-corrected chi connectivity index (χ4v) is 2.78. The zero-order chi connectivity index (χ0) is 20.9. The minimum atomic E-state index is -4.64. The molecule has 0 saturated heterocycles. The van der Waals surface area contributed by atoms with Gasteiger partial charge in [0.15, 0.2) is 5.96 Å². The molecule has 0 spiro atoms. The quantitative estimate of drug-likeness (QED) is 0.458. The van der Waals surface area contributed by atoms with Gasteiger partial charge in [0.05, 0.1) is 24.9 Å². The van der Waals surface area contributed by atoms with E-state index in [9.17, 15) is 17.6 Å². The van der Waals surface area contributed by atoms with Crippen molar-refractivity contribution in [2.45, 2.75) is 33.1 Å². The third kappa shape index (κ3) is 5.11. The molecule has 2 aromatic rings. The molecule has 0 aliphatic rings. The number of aryl methyl sites for hydroxylation is 1. The number of hydrogen-bond acceptors (Lipinski definition) is 3. The van der Waals surface area contributed by atoms with Gasteiger partial charge in [0.1, 0.15) is 11.6 Å². The number of methoxy groups -OCH3 is 1. The minimum Gasteiger partial charge on any atom is -0.496 e. The molecule has 1 heterocycles. The summed E-state index contributed by atoms with van der Waals surface area (Å²) < 4.78 is 57.8. The van der Waals surface area contributed by atoms with Crippen LogP contribution in [0, 0.1) is 19.7 Å². The Hall–Kier alpha value is -2.84. The predicted octanol–water partition coefficient (Wildman–Crippen LogP) is 3.73. The summed E-state index contributed by atoms with van der Waals surface area (Å²) in [6, 6.07) is 2.59. The highest BCUT2D eigenvalue weighted by atomic mass is 19.4. The number of alkyl halides is 3. The average Bonchev–Trinajstić information content (AvgIpc) is 2.63. The van der Waals surface area contributed by atoms with Gasteiger partial charge in [0, 0.05) is 30.9 Å². The van der Waals surface area contributed by atoms with Crippen LogP contribution < -0.4 is 15.4 Å². The van der Waals surface area contributed by atoms with E-state index >= 15 is 0 Å². The smallest absolute Gasteiger partial charge is 0.416 e. The van der Waals surface area contributed by atoms with Crippen LogP contribution in [0.2, 0.25) is 0 Å². The maximum atomic E-state index is 13.2. The van der Waals surface area contributed by atoms with E-state index in [0.29, 0.717) is 12.6 Å². The monoisotopic (exact) mass is 398 g/mol. The van der Waals surface area contributed by atoms with Gasteiger partial charge in [-0.05, 0) is 31.5 Å². The van der Waals surface area contributed by atoms with Crippen LogP contribution in [0.3, 0.4) is 0 Å². The molecule has 0 unspecified atom stereocenters. The number of nitrogens with zero attached hydrogens (tertiary/aromatic N) is 2. The first-order chi connectivity index (χ1) is 13.2. The van der Waals surface area contributed by atoms with Crippen molar-refractivity contribution in [1.29, 1.82) is 0 Å². The molecule has 0 atom stereocenters. The lowest BCUT2D eigenvalue weighted by Crippen LogP contribution is -2.37. The molecular weight excluding hydrogens is 376 g/mol. The summed E-state index contributed by atoms with van der Waals surface area (Å²) in [6.07, 6.45) is -2.96. The van der Waals surface area contributed by atoms with E-state index in [2.05, 4.69) is 20.6 Å². The van der Waals surface area contributed by atoms with E-state index in [-0.39, 0.29) is 18.1 Å². The van der Waals surface area contributed by atoms with Gasteiger partial charge in [0.25, 0.3) is 0 Å². The van der Waals surface area contributed by atoms with Gasteiger partial charge >= 0.3 is 6.18 Å². The maximum Gasteiger partial charge on any atom is 0.416 e. The summed E-state index contributed by atoms with van der Waals surface area (Å²) in [6.45, 7) is 3.90. The second-order valence-corrected chi connectivity index (χ2v) is 6.12. The van der Waals surface area contributed by atoms with Crippen LogP contribution in [0.5, 0.6) is 5.75 Å². The van der Waals surface area contributed by atoms with Gasteiger partial charge in [-0.3, -0.25) is 9.98 Å². The second-order valence-electron chi connectivity index (χ2n) is 6.12. The molecule has 0 bridgehead atoms. The SMILES string of the molecule is CN=C(NCc1ccc(F)cc1C(F)(F)F)NCc1ncc(C)c(OC)c1C. The highest BCUT2D eigenvalue weighted by Gasteiger charge is 2.33. The van der Waals surface area contributed by atoms with E-state index in [1.807, 2.05) is 13.8 Å². The lowest BCUT2D eigenvalue weighted by Gasteiger charge is -2.17. The number of pyridine rings is 1. The first-order valence-electron chi connectivity index (χ1n) is 8.46. The Labute approximate surface area is 160 Å². The molecule has 0 fully saturated rings. The van der Waals surface area contributed by atoms with Crippen LogP contribution in [-0.4, -0.2) is 25.1 Å². The molecule has 152 valence electrons. The molecular formula is C19H22F4N4O. The first kappa shape index (κ1) is 21.5. The Morgan fingerprint density at radius 2 is 1.86 bits per heavy atom. The van der Waals surface area contributed by atoms with Crippen molar-refractivity contribution in [2.75, 3.05) is 14.2 Å². The van der Waals surface area contributed by atoms with Crippen LogP contribution in [0.4, 0.5) is 17.6 Å². The van der Waals surface area contributed by atoms with Crippen LogP contribution in [-0.2, 0) is 19.3 Å².